The molecule has 1 amide bonds. The normalized spacial score (nSPS) is 20.6. The van der Waals surface area contributed by atoms with Gasteiger partial charge in [-0.1, -0.05) is 11.6 Å². The number of alkyl halides is 3. The van der Waals surface area contributed by atoms with E-state index in [1.54, 1.807) is 0 Å². The van der Waals surface area contributed by atoms with Gasteiger partial charge in [0.05, 0.1) is 11.3 Å². The number of nitrogens with zero attached hydrogens (tertiary/aromatic N) is 1. The van der Waals surface area contributed by atoms with Crippen LogP contribution in [0.5, 0.6) is 0 Å². The SMILES string of the molecule is O=C1CC(S)CN1c1cc(Cl)ccc1C(F)(F)F. The van der Waals surface area contributed by atoms with Gasteiger partial charge in [-0.3, -0.25) is 4.79 Å². The Bertz CT molecular complexity index is 492. The highest BCUT2D eigenvalue weighted by molar-refractivity contribution is 7.81. The smallest absolute Gasteiger partial charge is 0.311 e. The van der Waals surface area contributed by atoms with E-state index in [0.717, 1.165) is 23.1 Å². The highest BCUT2D eigenvalue weighted by atomic mass is 35.5. The summed E-state index contributed by atoms with van der Waals surface area (Å²) in [5.41, 5.74) is -1.06. The second-order valence-corrected chi connectivity index (χ2v) is 5.19. The summed E-state index contributed by atoms with van der Waals surface area (Å²) in [5.74, 6) is -0.372. The second kappa shape index (κ2) is 4.66. The summed E-state index contributed by atoms with van der Waals surface area (Å²) >= 11 is 9.82. The summed E-state index contributed by atoms with van der Waals surface area (Å²) in [7, 11) is 0. The van der Waals surface area contributed by atoms with Crippen LogP contribution in [0.15, 0.2) is 18.2 Å². The van der Waals surface area contributed by atoms with E-state index in [0.29, 0.717) is 0 Å². The number of anilines is 1. The lowest BCUT2D eigenvalue weighted by Crippen LogP contribution is -2.27. The molecule has 0 spiro atoms. The van der Waals surface area contributed by atoms with Crippen molar-refractivity contribution in [2.24, 2.45) is 0 Å². The van der Waals surface area contributed by atoms with Crippen molar-refractivity contribution in [1.82, 2.24) is 0 Å². The van der Waals surface area contributed by atoms with Crippen LogP contribution in [0.25, 0.3) is 0 Å². The van der Waals surface area contributed by atoms with Crippen LogP contribution in [0.2, 0.25) is 5.02 Å². The molecule has 0 aliphatic carbocycles. The maximum atomic E-state index is 12.9. The van der Waals surface area contributed by atoms with E-state index in [1.165, 1.54) is 0 Å². The first kappa shape index (κ1) is 13.5. The van der Waals surface area contributed by atoms with Gasteiger partial charge < -0.3 is 4.90 Å². The Balaban J connectivity index is 2.49. The predicted molar refractivity (Wildman–Crippen MR) is 66.2 cm³/mol. The number of benzene rings is 1. The minimum atomic E-state index is -4.52. The summed E-state index contributed by atoms with van der Waals surface area (Å²) < 4.78 is 38.6. The molecule has 98 valence electrons. The predicted octanol–water partition coefficient (Wildman–Crippen LogP) is 3.39. The van der Waals surface area contributed by atoms with Crippen molar-refractivity contribution >= 4 is 35.8 Å². The van der Waals surface area contributed by atoms with E-state index in [-0.39, 0.29) is 34.8 Å². The Morgan fingerprint density at radius 2 is 2.06 bits per heavy atom. The van der Waals surface area contributed by atoms with Crippen LogP contribution in [-0.2, 0) is 11.0 Å². The van der Waals surface area contributed by atoms with Crippen LogP contribution in [0, 0.1) is 0 Å². The van der Waals surface area contributed by atoms with Crippen molar-refractivity contribution in [2.75, 3.05) is 11.4 Å². The zero-order valence-electron chi connectivity index (χ0n) is 9.04. The number of hydrogen-bond donors (Lipinski definition) is 1. The molecule has 0 radical (unpaired) electrons. The molecular weight excluding hydrogens is 287 g/mol. The lowest BCUT2D eigenvalue weighted by molar-refractivity contribution is -0.137. The van der Waals surface area contributed by atoms with Gasteiger partial charge in [0.15, 0.2) is 0 Å². The fraction of sp³-hybridized carbons (Fsp3) is 0.364. The van der Waals surface area contributed by atoms with Gasteiger partial charge in [-0.2, -0.15) is 25.8 Å². The first-order chi connectivity index (χ1) is 8.29. The largest absolute Gasteiger partial charge is 0.418 e. The number of carbonyl (C=O) groups is 1. The number of halogens is 4. The summed E-state index contributed by atoms with van der Waals surface area (Å²) in [6.45, 7) is 0.158. The monoisotopic (exact) mass is 295 g/mol. The first-order valence-electron chi connectivity index (χ1n) is 5.14. The maximum absolute atomic E-state index is 12.9. The topological polar surface area (TPSA) is 20.3 Å². The highest BCUT2D eigenvalue weighted by Crippen LogP contribution is 2.39. The molecule has 1 aliphatic heterocycles. The molecule has 1 aliphatic rings. The lowest BCUT2D eigenvalue weighted by atomic mass is 10.1. The van der Waals surface area contributed by atoms with Crippen molar-refractivity contribution in [3.63, 3.8) is 0 Å². The molecule has 18 heavy (non-hydrogen) atoms. The van der Waals surface area contributed by atoms with Gasteiger partial charge >= 0.3 is 6.18 Å². The third-order valence-corrected chi connectivity index (χ3v) is 3.24. The molecule has 1 saturated heterocycles. The molecule has 0 saturated carbocycles. The number of rotatable bonds is 1. The van der Waals surface area contributed by atoms with Crippen LogP contribution < -0.4 is 4.90 Å². The molecular formula is C11H9ClF3NOS. The molecule has 1 aromatic carbocycles. The Hall–Kier alpha value is -0.880. The Morgan fingerprint density at radius 1 is 1.39 bits per heavy atom. The van der Waals surface area contributed by atoms with Gasteiger partial charge in [0, 0.05) is 23.2 Å². The molecule has 1 unspecified atom stereocenters. The van der Waals surface area contributed by atoms with Crippen LogP contribution >= 0.6 is 24.2 Å². The summed E-state index contributed by atoms with van der Waals surface area (Å²) in [5, 5.41) is -0.0917. The number of amides is 1. The van der Waals surface area contributed by atoms with Crippen molar-refractivity contribution in [3.8, 4) is 0 Å². The molecule has 0 aromatic heterocycles. The van der Waals surface area contributed by atoms with E-state index < -0.39 is 11.7 Å². The second-order valence-electron chi connectivity index (χ2n) is 4.02. The van der Waals surface area contributed by atoms with E-state index in [9.17, 15) is 18.0 Å². The first-order valence-corrected chi connectivity index (χ1v) is 6.03. The number of hydrogen-bond acceptors (Lipinski definition) is 2. The Morgan fingerprint density at radius 3 is 2.56 bits per heavy atom. The highest BCUT2D eigenvalue weighted by Gasteiger charge is 2.38. The van der Waals surface area contributed by atoms with Gasteiger partial charge in [-0.05, 0) is 18.2 Å². The van der Waals surface area contributed by atoms with Crippen molar-refractivity contribution < 1.29 is 18.0 Å². The third-order valence-electron chi connectivity index (χ3n) is 2.66. The summed E-state index contributed by atoms with van der Waals surface area (Å²) in [6.07, 6.45) is -4.39. The molecule has 1 atom stereocenters. The quantitative estimate of drug-likeness (QED) is 0.788. The van der Waals surface area contributed by atoms with E-state index in [4.69, 9.17) is 11.6 Å². The fourth-order valence-electron chi connectivity index (χ4n) is 1.89. The lowest BCUT2D eigenvalue weighted by Gasteiger charge is -2.21. The number of thiol groups is 1. The Kier molecular flexibility index (Phi) is 3.51. The molecule has 0 bridgehead atoms. The van der Waals surface area contributed by atoms with E-state index >= 15 is 0 Å². The average Bonchev–Trinajstić information content (AvgIpc) is 2.55. The Labute approximate surface area is 112 Å². The molecule has 0 N–H and O–H groups in total. The van der Waals surface area contributed by atoms with E-state index in [1.807, 2.05) is 0 Å². The van der Waals surface area contributed by atoms with Crippen molar-refractivity contribution in [2.45, 2.75) is 17.8 Å². The van der Waals surface area contributed by atoms with Gasteiger partial charge in [0.2, 0.25) is 5.91 Å². The van der Waals surface area contributed by atoms with Crippen LogP contribution in [0.3, 0.4) is 0 Å². The molecule has 1 aromatic rings. The van der Waals surface area contributed by atoms with Gasteiger partial charge in [-0.15, -0.1) is 0 Å². The molecule has 2 rings (SSSR count). The van der Waals surface area contributed by atoms with Gasteiger partial charge in [0.1, 0.15) is 0 Å². The zero-order chi connectivity index (χ0) is 13.5. The van der Waals surface area contributed by atoms with Crippen LogP contribution in [0.4, 0.5) is 18.9 Å². The van der Waals surface area contributed by atoms with Gasteiger partial charge in [-0.25, -0.2) is 0 Å². The minimum absolute atomic E-state index is 0.132. The van der Waals surface area contributed by atoms with Crippen molar-refractivity contribution in [1.29, 1.82) is 0 Å². The van der Waals surface area contributed by atoms with Crippen LogP contribution in [0.1, 0.15) is 12.0 Å². The summed E-state index contributed by atoms with van der Waals surface area (Å²) in [4.78, 5) is 12.7. The van der Waals surface area contributed by atoms with Crippen LogP contribution in [-0.4, -0.2) is 17.7 Å². The molecule has 7 heteroatoms. The van der Waals surface area contributed by atoms with Crippen molar-refractivity contribution in [3.05, 3.63) is 28.8 Å². The molecule has 1 heterocycles. The number of carbonyl (C=O) groups excluding carboxylic acids is 1. The zero-order valence-corrected chi connectivity index (χ0v) is 10.7. The summed E-state index contributed by atoms with van der Waals surface area (Å²) in [6, 6.07) is 3.21. The standard InChI is InChI=1S/C11H9ClF3NOS/c12-6-1-2-8(11(13,14)15)9(3-6)16-5-7(18)4-10(16)17/h1-3,7,18H,4-5H2. The third kappa shape index (κ3) is 2.59. The fourth-order valence-corrected chi connectivity index (χ4v) is 2.38. The van der Waals surface area contributed by atoms with E-state index in [2.05, 4.69) is 12.6 Å². The minimum Gasteiger partial charge on any atom is -0.311 e. The van der Waals surface area contributed by atoms with Gasteiger partial charge in [0.25, 0.3) is 0 Å². The molecule has 2 nitrogen and oxygen atoms in total. The maximum Gasteiger partial charge on any atom is 0.418 e. The average molecular weight is 296 g/mol. The molecule has 1 fully saturated rings.